The molecule has 0 bridgehead atoms. The van der Waals surface area contributed by atoms with E-state index in [2.05, 4.69) is 20.8 Å². The van der Waals surface area contributed by atoms with Gasteiger partial charge in [-0.2, -0.15) is 0 Å². The van der Waals surface area contributed by atoms with Crippen LogP contribution in [0.15, 0.2) is 59.7 Å². The van der Waals surface area contributed by atoms with Crippen LogP contribution in [-0.2, 0) is 4.79 Å². The zero-order valence-electron chi connectivity index (χ0n) is 15.7. The highest BCUT2D eigenvalue weighted by molar-refractivity contribution is 6.16. The predicted octanol–water partition coefficient (Wildman–Crippen LogP) is 4.92. The summed E-state index contributed by atoms with van der Waals surface area (Å²) in [5, 5.41) is 0. The molecule has 3 nitrogen and oxygen atoms in total. The molecule has 5 rings (SSSR count). The Kier molecular flexibility index (Phi) is 3.39. The number of rotatable bonds is 1. The lowest BCUT2D eigenvalue weighted by molar-refractivity contribution is -0.122. The van der Waals surface area contributed by atoms with E-state index in [9.17, 15) is 4.79 Å². The first-order valence-corrected chi connectivity index (χ1v) is 9.49. The van der Waals surface area contributed by atoms with Crippen molar-refractivity contribution in [1.29, 1.82) is 0 Å². The van der Waals surface area contributed by atoms with Crippen molar-refractivity contribution >= 4 is 17.9 Å². The molecule has 0 radical (unpaired) electrons. The van der Waals surface area contributed by atoms with Gasteiger partial charge in [0.1, 0.15) is 23.7 Å². The average molecular weight is 358 g/mol. The van der Waals surface area contributed by atoms with Gasteiger partial charge < -0.3 is 9.47 Å². The minimum Gasteiger partial charge on any atom is -0.484 e. The third-order valence-electron chi connectivity index (χ3n) is 6.41. The molecule has 2 heterocycles. The van der Waals surface area contributed by atoms with Crippen LogP contribution in [0.4, 0.5) is 0 Å². The van der Waals surface area contributed by atoms with Gasteiger partial charge in [0.25, 0.3) is 0 Å². The third-order valence-corrected chi connectivity index (χ3v) is 6.41. The van der Waals surface area contributed by atoms with E-state index in [0.717, 1.165) is 33.8 Å². The smallest absolute Gasteiger partial charge is 0.192 e. The summed E-state index contributed by atoms with van der Waals surface area (Å²) in [4.78, 5) is 13.4. The Morgan fingerprint density at radius 1 is 0.815 bits per heavy atom. The van der Waals surface area contributed by atoms with E-state index < -0.39 is 0 Å². The molecular formula is C24H22O3. The largest absolute Gasteiger partial charge is 0.484 e. The monoisotopic (exact) mass is 358 g/mol. The van der Waals surface area contributed by atoms with Gasteiger partial charge in [-0.05, 0) is 30.2 Å². The fraction of sp³-hybridized carbons (Fsp3) is 0.292. The molecule has 1 fully saturated rings. The zero-order chi connectivity index (χ0) is 18.8. The molecule has 0 N–H and O–H groups in total. The molecule has 0 unspecified atom stereocenters. The van der Waals surface area contributed by atoms with Crippen molar-refractivity contribution in [2.24, 2.45) is 11.3 Å². The maximum atomic E-state index is 13.4. The van der Waals surface area contributed by atoms with E-state index in [1.807, 2.05) is 60.7 Å². The van der Waals surface area contributed by atoms with Gasteiger partial charge in [0.05, 0.1) is 5.41 Å². The number of para-hydroxylation sites is 2. The Hall–Kier alpha value is -2.81. The predicted molar refractivity (Wildman–Crippen MR) is 106 cm³/mol. The SMILES string of the molecule is CC(C)C1(C)[C@@H]2Oc3ccccc3C=C2C(=O)C2=Cc3ccccc3O[C@H]21. The highest BCUT2D eigenvalue weighted by Gasteiger charge is 2.58. The maximum absolute atomic E-state index is 13.4. The molecule has 0 spiro atoms. The van der Waals surface area contributed by atoms with Crippen LogP contribution in [-0.4, -0.2) is 18.0 Å². The quantitative estimate of drug-likeness (QED) is 0.726. The van der Waals surface area contributed by atoms with Crippen LogP contribution in [0.1, 0.15) is 31.9 Å². The number of carbonyl (C=O) groups is 1. The highest BCUT2D eigenvalue weighted by atomic mass is 16.5. The van der Waals surface area contributed by atoms with Crippen molar-refractivity contribution in [3.8, 4) is 11.5 Å². The minimum absolute atomic E-state index is 0.0344. The van der Waals surface area contributed by atoms with Crippen molar-refractivity contribution in [2.45, 2.75) is 33.0 Å². The summed E-state index contributed by atoms with van der Waals surface area (Å²) < 4.78 is 12.8. The van der Waals surface area contributed by atoms with E-state index in [-0.39, 0.29) is 29.3 Å². The summed E-state index contributed by atoms with van der Waals surface area (Å²) in [6.45, 7) is 6.54. The van der Waals surface area contributed by atoms with Gasteiger partial charge >= 0.3 is 0 Å². The molecule has 1 aliphatic carbocycles. The normalized spacial score (nSPS) is 24.4. The summed E-state index contributed by atoms with van der Waals surface area (Å²) in [5.41, 5.74) is 3.01. The molecule has 2 aromatic rings. The van der Waals surface area contributed by atoms with Gasteiger partial charge in [0, 0.05) is 22.3 Å². The van der Waals surface area contributed by atoms with Crippen LogP contribution in [0, 0.1) is 11.3 Å². The van der Waals surface area contributed by atoms with Gasteiger partial charge in [-0.1, -0.05) is 57.2 Å². The summed E-state index contributed by atoms with van der Waals surface area (Å²) in [6.07, 6.45) is 3.35. The summed E-state index contributed by atoms with van der Waals surface area (Å²) in [6, 6.07) is 15.8. The Labute approximate surface area is 159 Å². The average Bonchev–Trinajstić information content (AvgIpc) is 2.69. The van der Waals surface area contributed by atoms with E-state index in [1.54, 1.807) is 0 Å². The molecule has 2 aromatic carbocycles. The van der Waals surface area contributed by atoms with E-state index >= 15 is 0 Å². The Morgan fingerprint density at radius 2 is 1.26 bits per heavy atom. The second-order valence-corrected chi connectivity index (χ2v) is 8.12. The molecule has 0 saturated heterocycles. The van der Waals surface area contributed by atoms with Crippen LogP contribution >= 0.6 is 0 Å². The number of fused-ring (bicyclic) bond motifs is 4. The molecule has 2 atom stereocenters. The standard InChI is InChI=1S/C24H22O3/c1-14(2)24(3)22-17(12-15-8-4-6-10-19(15)26-22)21(25)18-13-16-9-5-7-11-20(16)27-23(18)24/h4-14,22-23H,1-3H3/t22-,23-/m1/s1. The molecule has 136 valence electrons. The van der Waals surface area contributed by atoms with Gasteiger partial charge in [-0.15, -0.1) is 0 Å². The molecular weight excluding hydrogens is 336 g/mol. The molecule has 3 aliphatic rings. The molecule has 27 heavy (non-hydrogen) atoms. The van der Waals surface area contributed by atoms with E-state index in [4.69, 9.17) is 9.47 Å². The molecule has 3 heteroatoms. The molecule has 2 aliphatic heterocycles. The summed E-state index contributed by atoms with van der Waals surface area (Å²) in [5.74, 6) is 1.94. The van der Waals surface area contributed by atoms with Crippen LogP contribution in [0.5, 0.6) is 11.5 Å². The lowest BCUT2D eigenvalue weighted by atomic mass is 9.59. The maximum Gasteiger partial charge on any atom is 0.192 e. The number of benzene rings is 2. The highest BCUT2D eigenvalue weighted by Crippen LogP contribution is 2.53. The second kappa shape index (κ2) is 5.59. The first-order valence-electron chi connectivity index (χ1n) is 9.49. The number of carbonyl (C=O) groups excluding carboxylic acids is 1. The number of hydrogen-bond acceptors (Lipinski definition) is 3. The van der Waals surface area contributed by atoms with Gasteiger partial charge in [-0.25, -0.2) is 0 Å². The lowest BCUT2D eigenvalue weighted by Gasteiger charge is -2.52. The van der Waals surface area contributed by atoms with Crippen LogP contribution in [0.25, 0.3) is 12.2 Å². The van der Waals surface area contributed by atoms with Crippen molar-refractivity contribution in [1.82, 2.24) is 0 Å². The summed E-state index contributed by atoms with van der Waals surface area (Å²) in [7, 11) is 0. The minimum atomic E-state index is -0.368. The third kappa shape index (κ3) is 2.18. The van der Waals surface area contributed by atoms with E-state index in [1.165, 1.54) is 0 Å². The second-order valence-electron chi connectivity index (χ2n) is 8.12. The van der Waals surface area contributed by atoms with Gasteiger partial charge in [0.15, 0.2) is 5.78 Å². The Balaban J connectivity index is 1.73. The van der Waals surface area contributed by atoms with Crippen LogP contribution in [0.3, 0.4) is 0 Å². The van der Waals surface area contributed by atoms with Gasteiger partial charge in [0.2, 0.25) is 0 Å². The molecule has 0 amide bonds. The Bertz CT molecular complexity index is 938. The zero-order valence-corrected chi connectivity index (χ0v) is 15.7. The van der Waals surface area contributed by atoms with Gasteiger partial charge in [-0.3, -0.25) is 4.79 Å². The number of hydrogen-bond donors (Lipinski definition) is 0. The first kappa shape index (κ1) is 16.4. The van der Waals surface area contributed by atoms with Crippen molar-refractivity contribution in [2.75, 3.05) is 0 Å². The number of Topliss-reactive ketones (excluding diaryl/α,β-unsaturated/α-hetero) is 1. The fourth-order valence-corrected chi connectivity index (χ4v) is 4.48. The van der Waals surface area contributed by atoms with E-state index in [0.29, 0.717) is 0 Å². The first-order chi connectivity index (χ1) is 13.0. The molecule has 1 saturated carbocycles. The van der Waals surface area contributed by atoms with Crippen LogP contribution < -0.4 is 9.47 Å². The molecule has 0 aromatic heterocycles. The fourth-order valence-electron chi connectivity index (χ4n) is 4.48. The Morgan fingerprint density at radius 3 is 1.70 bits per heavy atom. The topological polar surface area (TPSA) is 35.5 Å². The van der Waals surface area contributed by atoms with Crippen molar-refractivity contribution in [3.63, 3.8) is 0 Å². The number of ether oxygens (including phenoxy) is 2. The summed E-state index contributed by atoms with van der Waals surface area (Å²) >= 11 is 0. The van der Waals surface area contributed by atoms with Crippen molar-refractivity contribution in [3.05, 3.63) is 70.8 Å². The lowest BCUT2D eigenvalue weighted by Crippen LogP contribution is -2.60. The van der Waals surface area contributed by atoms with Crippen LogP contribution in [0.2, 0.25) is 0 Å². The number of ketones is 1. The van der Waals surface area contributed by atoms with Crippen molar-refractivity contribution < 1.29 is 14.3 Å².